The molecule has 0 bridgehead atoms. The Labute approximate surface area is 227 Å². The maximum atomic E-state index is 12.6. The van der Waals surface area contributed by atoms with Gasteiger partial charge in [-0.1, -0.05) is 12.1 Å². The third-order valence-electron chi connectivity index (χ3n) is 6.54. The molecule has 0 aliphatic carbocycles. The van der Waals surface area contributed by atoms with Crippen LogP contribution in [-0.4, -0.2) is 84.7 Å². The summed E-state index contributed by atoms with van der Waals surface area (Å²) >= 11 is 0. The molecule has 1 unspecified atom stereocenters. The van der Waals surface area contributed by atoms with Gasteiger partial charge in [-0.3, -0.25) is 0 Å². The highest BCUT2D eigenvalue weighted by Gasteiger charge is 2.48. The standard InChI is InChI=1S/C25H26F3NO10S/c26-25(27,28)40(34,35)39-16-3-1-13(2-4-16)7-14-8-18(24-23(33)22(32)21(31)20(11-30)38-24)19(9-15(14)10-29)37-17-5-6-36-12-17/h1-4,8-9,17,20-24,30-33H,5-7,11-12H2/t17?,20-,21-,22+,23-,24+/m1/s1. The van der Waals surface area contributed by atoms with Gasteiger partial charge in [-0.25, -0.2) is 0 Å². The van der Waals surface area contributed by atoms with E-state index in [4.69, 9.17) is 14.2 Å². The number of nitriles is 1. The first kappa shape index (κ1) is 30.0. The Morgan fingerprint density at radius 3 is 2.35 bits per heavy atom. The van der Waals surface area contributed by atoms with Crippen LogP contribution in [0.25, 0.3) is 0 Å². The average molecular weight is 590 g/mol. The third kappa shape index (κ3) is 6.33. The number of ether oxygens (including phenoxy) is 3. The zero-order valence-corrected chi connectivity index (χ0v) is 21.5. The van der Waals surface area contributed by atoms with Gasteiger partial charge in [0, 0.05) is 12.0 Å². The van der Waals surface area contributed by atoms with Gasteiger partial charge >= 0.3 is 15.6 Å². The Morgan fingerprint density at radius 1 is 1.07 bits per heavy atom. The first-order chi connectivity index (χ1) is 18.8. The van der Waals surface area contributed by atoms with Gasteiger partial charge in [0.25, 0.3) is 0 Å². The summed E-state index contributed by atoms with van der Waals surface area (Å²) in [5.74, 6) is -0.410. The number of benzene rings is 2. The van der Waals surface area contributed by atoms with Crippen LogP contribution in [0.5, 0.6) is 11.5 Å². The van der Waals surface area contributed by atoms with Crippen LogP contribution in [-0.2, 0) is 26.0 Å². The van der Waals surface area contributed by atoms with E-state index in [1.54, 1.807) is 0 Å². The van der Waals surface area contributed by atoms with E-state index in [2.05, 4.69) is 4.18 Å². The average Bonchev–Trinajstić information content (AvgIpc) is 3.42. The summed E-state index contributed by atoms with van der Waals surface area (Å²) in [7, 11) is -5.85. The zero-order chi connectivity index (χ0) is 29.2. The predicted octanol–water partition coefficient (Wildman–Crippen LogP) is 1.06. The van der Waals surface area contributed by atoms with Crippen molar-refractivity contribution in [3.05, 3.63) is 58.7 Å². The number of aliphatic hydroxyl groups excluding tert-OH is 4. The van der Waals surface area contributed by atoms with E-state index in [1.165, 1.54) is 24.3 Å². The van der Waals surface area contributed by atoms with Gasteiger partial charge in [-0.15, -0.1) is 0 Å². The van der Waals surface area contributed by atoms with Crippen molar-refractivity contribution >= 4 is 10.1 Å². The summed E-state index contributed by atoms with van der Waals surface area (Å²) in [5.41, 5.74) is -4.38. The molecule has 2 aliphatic rings. The van der Waals surface area contributed by atoms with E-state index < -0.39 is 58.5 Å². The molecule has 218 valence electrons. The monoisotopic (exact) mass is 589 g/mol. The summed E-state index contributed by atoms with van der Waals surface area (Å²) in [6.45, 7) is 0.0686. The summed E-state index contributed by atoms with van der Waals surface area (Å²) in [6, 6.07) is 9.64. The van der Waals surface area contributed by atoms with Gasteiger partial charge in [0.2, 0.25) is 0 Å². The third-order valence-corrected chi connectivity index (χ3v) is 7.52. The number of hydrogen-bond acceptors (Lipinski definition) is 11. The second-order valence-electron chi connectivity index (χ2n) is 9.32. The number of hydrogen-bond donors (Lipinski definition) is 4. The number of nitrogens with zero attached hydrogens (tertiary/aromatic N) is 1. The Kier molecular flexibility index (Phi) is 8.90. The summed E-state index contributed by atoms with van der Waals surface area (Å²) in [6.07, 6.45) is -7.16. The minimum absolute atomic E-state index is 0.0342. The second-order valence-corrected chi connectivity index (χ2v) is 10.9. The molecule has 4 rings (SSSR count). The topological polar surface area (TPSA) is 176 Å². The molecule has 15 heteroatoms. The lowest BCUT2D eigenvalue weighted by Crippen LogP contribution is -2.55. The van der Waals surface area contributed by atoms with Crippen LogP contribution in [0.15, 0.2) is 36.4 Å². The lowest BCUT2D eigenvalue weighted by molar-refractivity contribution is -0.232. The van der Waals surface area contributed by atoms with Gasteiger partial charge in [0.15, 0.2) is 0 Å². The molecule has 40 heavy (non-hydrogen) atoms. The molecule has 6 atom stereocenters. The highest BCUT2D eigenvalue weighted by atomic mass is 32.2. The molecule has 4 N–H and O–H groups in total. The molecular weight excluding hydrogens is 563 g/mol. The molecule has 0 aromatic heterocycles. The Morgan fingerprint density at radius 2 is 1.77 bits per heavy atom. The molecule has 2 saturated heterocycles. The lowest BCUT2D eigenvalue weighted by Gasteiger charge is -2.40. The molecule has 2 aromatic rings. The molecule has 2 aromatic carbocycles. The minimum Gasteiger partial charge on any atom is -0.487 e. The van der Waals surface area contributed by atoms with Gasteiger partial charge < -0.3 is 38.8 Å². The second kappa shape index (κ2) is 11.9. The van der Waals surface area contributed by atoms with Crippen LogP contribution in [0.3, 0.4) is 0 Å². The Balaban J connectivity index is 1.68. The molecule has 0 saturated carbocycles. The van der Waals surface area contributed by atoms with Gasteiger partial charge in [0.05, 0.1) is 31.5 Å². The van der Waals surface area contributed by atoms with Crippen molar-refractivity contribution in [1.82, 2.24) is 0 Å². The van der Waals surface area contributed by atoms with Gasteiger partial charge in [0.1, 0.15) is 48.1 Å². The molecule has 0 amide bonds. The highest BCUT2D eigenvalue weighted by Crippen LogP contribution is 2.40. The van der Waals surface area contributed by atoms with Crippen LogP contribution in [0.1, 0.15) is 34.8 Å². The highest BCUT2D eigenvalue weighted by molar-refractivity contribution is 7.88. The number of aliphatic hydroxyl groups is 4. The molecule has 2 fully saturated rings. The van der Waals surface area contributed by atoms with Crippen LogP contribution in [0.4, 0.5) is 13.2 Å². The first-order valence-corrected chi connectivity index (χ1v) is 13.5. The van der Waals surface area contributed by atoms with E-state index in [0.29, 0.717) is 24.2 Å². The van der Waals surface area contributed by atoms with Crippen LogP contribution < -0.4 is 8.92 Å². The fourth-order valence-corrected chi connectivity index (χ4v) is 4.88. The maximum Gasteiger partial charge on any atom is 0.534 e. The van der Waals surface area contributed by atoms with E-state index >= 15 is 0 Å². The number of rotatable bonds is 8. The molecule has 0 radical (unpaired) electrons. The summed E-state index contributed by atoms with van der Waals surface area (Å²) in [4.78, 5) is 0. The smallest absolute Gasteiger partial charge is 0.487 e. The van der Waals surface area contributed by atoms with Crippen LogP contribution in [0, 0.1) is 11.3 Å². The largest absolute Gasteiger partial charge is 0.534 e. The molecule has 2 aliphatic heterocycles. The van der Waals surface area contributed by atoms with Crippen molar-refractivity contribution in [2.75, 3.05) is 19.8 Å². The fourth-order valence-electron chi connectivity index (χ4n) is 4.42. The quantitative estimate of drug-likeness (QED) is 0.256. The van der Waals surface area contributed by atoms with Crippen molar-refractivity contribution in [2.24, 2.45) is 0 Å². The molecule has 11 nitrogen and oxygen atoms in total. The fraction of sp³-hybridized carbons (Fsp3) is 0.480. The molecule has 2 heterocycles. The number of alkyl halides is 3. The Hall–Kier alpha value is -2.97. The Bertz CT molecular complexity index is 1340. The van der Waals surface area contributed by atoms with Crippen molar-refractivity contribution < 1.29 is 60.4 Å². The minimum atomic E-state index is -5.85. The normalized spacial score (nSPS) is 27.2. The van der Waals surface area contributed by atoms with Crippen LogP contribution in [0.2, 0.25) is 0 Å². The van der Waals surface area contributed by atoms with Crippen molar-refractivity contribution in [3.63, 3.8) is 0 Å². The molecule has 0 spiro atoms. The molecular formula is C25H26F3NO10S. The summed E-state index contributed by atoms with van der Waals surface area (Å²) < 4.78 is 81.5. The number of halogens is 3. The predicted molar refractivity (Wildman–Crippen MR) is 129 cm³/mol. The van der Waals surface area contributed by atoms with Gasteiger partial charge in [-0.05, 0) is 41.8 Å². The van der Waals surface area contributed by atoms with Crippen LogP contribution >= 0.6 is 0 Å². The summed E-state index contributed by atoms with van der Waals surface area (Å²) in [5, 5.41) is 50.7. The first-order valence-electron chi connectivity index (χ1n) is 12.1. The lowest BCUT2D eigenvalue weighted by atomic mass is 9.88. The van der Waals surface area contributed by atoms with E-state index in [1.807, 2.05) is 6.07 Å². The van der Waals surface area contributed by atoms with Crippen molar-refractivity contribution in [3.8, 4) is 17.6 Å². The van der Waals surface area contributed by atoms with Crippen molar-refractivity contribution in [2.45, 2.75) is 55.0 Å². The zero-order valence-electron chi connectivity index (χ0n) is 20.7. The van der Waals surface area contributed by atoms with E-state index in [-0.39, 0.29) is 36.0 Å². The SMILES string of the molecule is N#Cc1cc(OC2CCOC2)c([C@@H]2O[C@H](CO)[C@@H](O)[C@H](O)[C@H]2O)cc1Cc1ccc(OS(=O)(=O)C(F)(F)F)cc1. The van der Waals surface area contributed by atoms with E-state index in [0.717, 1.165) is 12.1 Å². The van der Waals surface area contributed by atoms with E-state index in [9.17, 15) is 47.3 Å². The van der Waals surface area contributed by atoms with Gasteiger partial charge in [-0.2, -0.15) is 26.9 Å². The van der Waals surface area contributed by atoms with Crippen molar-refractivity contribution in [1.29, 1.82) is 5.26 Å². The maximum absolute atomic E-state index is 12.6.